The molecule has 0 radical (unpaired) electrons. The van der Waals surface area contributed by atoms with E-state index in [-0.39, 0.29) is 0 Å². The van der Waals surface area contributed by atoms with Crippen molar-refractivity contribution in [3.05, 3.63) is 42.1 Å². The van der Waals surface area contributed by atoms with Crippen LogP contribution in [0.15, 0.2) is 30.7 Å². The average molecular weight is 299 g/mol. The molecule has 5 nitrogen and oxygen atoms in total. The maximum Gasteiger partial charge on any atom is 0.125 e. The number of hydrogen-bond donors (Lipinski definition) is 1. The average Bonchev–Trinajstić information content (AvgIpc) is 3.18. The van der Waals surface area contributed by atoms with Crippen LogP contribution >= 0.6 is 0 Å². The number of anilines is 1. The number of aryl methyl sites for hydroxylation is 1. The Morgan fingerprint density at radius 2 is 2.23 bits per heavy atom. The van der Waals surface area contributed by atoms with E-state index in [1.54, 1.807) is 0 Å². The SMILES string of the molecule is CCCn1ccnc1CN1CCCC1c1ccnc(NC)c1. The zero-order valence-electron chi connectivity index (χ0n) is 13.5. The molecule has 5 heteroatoms. The van der Waals surface area contributed by atoms with E-state index >= 15 is 0 Å². The van der Waals surface area contributed by atoms with Gasteiger partial charge in [0, 0.05) is 38.2 Å². The smallest absolute Gasteiger partial charge is 0.125 e. The molecular formula is C17H25N5. The molecule has 2 aromatic rings. The third-order valence-corrected chi connectivity index (χ3v) is 4.40. The van der Waals surface area contributed by atoms with Crippen molar-refractivity contribution >= 4 is 5.82 Å². The highest BCUT2D eigenvalue weighted by atomic mass is 15.2. The van der Waals surface area contributed by atoms with Gasteiger partial charge in [0.1, 0.15) is 11.6 Å². The minimum absolute atomic E-state index is 0.474. The predicted octanol–water partition coefficient (Wildman–Crippen LogP) is 3.07. The molecule has 1 fully saturated rings. The summed E-state index contributed by atoms with van der Waals surface area (Å²) in [6, 6.07) is 4.78. The van der Waals surface area contributed by atoms with Crippen molar-refractivity contribution in [1.82, 2.24) is 19.4 Å². The molecule has 0 aliphatic carbocycles. The number of likely N-dealkylation sites (tertiary alicyclic amines) is 1. The summed E-state index contributed by atoms with van der Waals surface area (Å²) >= 11 is 0. The molecule has 1 saturated heterocycles. The van der Waals surface area contributed by atoms with Crippen molar-refractivity contribution in [2.75, 3.05) is 18.9 Å². The molecule has 0 aromatic carbocycles. The zero-order chi connectivity index (χ0) is 15.4. The molecule has 0 spiro atoms. The lowest BCUT2D eigenvalue weighted by Gasteiger charge is -2.25. The molecule has 1 atom stereocenters. The Morgan fingerprint density at radius 3 is 3.05 bits per heavy atom. The summed E-state index contributed by atoms with van der Waals surface area (Å²) < 4.78 is 2.28. The molecule has 118 valence electrons. The van der Waals surface area contributed by atoms with Crippen LogP contribution in [0.5, 0.6) is 0 Å². The van der Waals surface area contributed by atoms with E-state index in [0.717, 1.165) is 31.9 Å². The summed E-state index contributed by atoms with van der Waals surface area (Å²) in [6.45, 7) is 5.32. The summed E-state index contributed by atoms with van der Waals surface area (Å²) in [5.41, 5.74) is 1.35. The predicted molar refractivity (Wildman–Crippen MR) is 88.7 cm³/mol. The van der Waals surface area contributed by atoms with Crippen molar-refractivity contribution in [3.8, 4) is 0 Å². The Kier molecular flexibility index (Phi) is 4.73. The lowest BCUT2D eigenvalue weighted by molar-refractivity contribution is 0.238. The monoisotopic (exact) mass is 299 g/mol. The van der Waals surface area contributed by atoms with Crippen LogP contribution in [0.25, 0.3) is 0 Å². The summed E-state index contributed by atoms with van der Waals surface area (Å²) in [5, 5.41) is 3.13. The molecular weight excluding hydrogens is 274 g/mol. The van der Waals surface area contributed by atoms with Crippen LogP contribution in [-0.4, -0.2) is 33.0 Å². The van der Waals surface area contributed by atoms with Gasteiger partial charge in [0.15, 0.2) is 0 Å². The number of hydrogen-bond acceptors (Lipinski definition) is 4. The first kappa shape index (κ1) is 15.0. The van der Waals surface area contributed by atoms with Gasteiger partial charge in [-0.05, 0) is 43.5 Å². The molecule has 2 aromatic heterocycles. The Hall–Kier alpha value is -1.88. The van der Waals surface area contributed by atoms with Crippen molar-refractivity contribution in [1.29, 1.82) is 0 Å². The van der Waals surface area contributed by atoms with Crippen LogP contribution in [0.3, 0.4) is 0 Å². The minimum atomic E-state index is 0.474. The molecule has 0 saturated carbocycles. The van der Waals surface area contributed by atoms with Gasteiger partial charge in [-0.2, -0.15) is 0 Å². The van der Waals surface area contributed by atoms with Crippen LogP contribution in [0.1, 0.15) is 43.6 Å². The number of pyridine rings is 1. The molecule has 3 rings (SSSR count). The van der Waals surface area contributed by atoms with Crippen LogP contribution in [-0.2, 0) is 13.1 Å². The van der Waals surface area contributed by atoms with Gasteiger partial charge in [-0.1, -0.05) is 6.92 Å². The van der Waals surface area contributed by atoms with E-state index in [1.165, 1.54) is 24.2 Å². The first-order valence-corrected chi connectivity index (χ1v) is 8.19. The van der Waals surface area contributed by atoms with E-state index in [2.05, 4.69) is 50.0 Å². The standard InChI is InChI=1S/C17H25N5/c1-3-9-21-11-8-20-17(21)13-22-10-4-5-15(22)14-6-7-19-16(12-14)18-2/h6-8,11-12,15H,3-5,9-10,13H2,1-2H3,(H,18,19). The highest BCUT2D eigenvalue weighted by molar-refractivity contribution is 5.38. The Labute approximate surface area is 132 Å². The molecule has 22 heavy (non-hydrogen) atoms. The number of nitrogens with one attached hydrogen (secondary N) is 1. The van der Waals surface area contributed by atoms with Crippen molar-refractivity contribution in [2.24, 2.45) is 0 Å². The minimum Gasteiger partial charge on any atom is -0.373 e. The van der Waals surface area contributed by atoms with Crippen molar-refractivity contribution in [3.63, 3.8) is 0 Å². The highest BCUT2D eigenvalue weighted by Crippen LogP contribution is 2.33. The van der Waals surface area contributed by atoms with E-state index < -0.39 is 0 Å². The lowest BCUT2D eigenvalue weighted by Crippen LogP contribution is -2.25. The zero-order valence-corrected chi connectivity index (χ0v) is 13.5. The van der Waals surface area contributed by atoms with Gasteiger partial charge in [0.05, 0.1) is 6.54 Å². The van der Waals surface area contributed by atoms with Gasteiger partial charge in [0.25, 0.3) is 0 Å². The molecule has 1 N–H and O–H groups in total. The van der Waals surface area contributed by atoms with Crippen LogP contribution in [0.2, 0.25) is 0 Å². The quantitative estimate of drug-likeness (QED) is 0.890. The van der Waals surface area contributed by atoms with Crippen LogP contribution < -0.4 is 5.32 Å². The largest absolute Gasteiger partial charge is 0.373 e. The fraction of sp³-hybridized carbons (Fsp3) is 0.529. The number of aromatic nitrogens is 3. The number of imidazole rings is 1. The van der Waals surface area contributed by atoms with Gasteiger partial charge >= 0.3 is 0 Å². The molecule has 1 aliphatic heterocycles. The van der Waals surface area contributed by atoms with E-state index in [9.17, 15) is 0 Å². The van der Waals surface area contributed by atoms with Crippen LogP contribution in [0, 0.1) is 0 Å². The summed E-state index contributed by atoms with van der Waals surface area (Å²) in [4.78, 5) is 11.4. The number of rotatable bonds is 6. The summed E-state index contributed by atoms with van der Waals surface area (Å²) in [7, 11) is 1.92. The van der Waals surface area contributed by atoms with E-state index in [1.807, 2.05) is 19.4 Å². The van der Waals surface area contributed by atoms with Gasteiger partial charge in [-0.25, -0.2) is 9.97 Å². The van der Waals surface area contributed by atoms with E-state index in [4.69, 9.17) is 0 Å². The number of nitrogens with zero attached hydrogens (tertiary/aromatic N) is 4. The first-order valence-electron chi connectivity index (χ1n) is 8.19. The van der Waals surface area contributed by atoms with E-state index in [0.29, 0.717) is 6.04 Å². The third kappa shape index (κ3) is 3.14. The second kappa shape index (κ2) is 6.92. The van der Waals surface area contributed by atoms with Crippen molar-refractivity contribution < 1.29 is 0 Å². The molecule has 0 amide bonds. The first-order chi connectivity index (χ1) is 10.8. The second-order valence-electron chi connectivity index (χ2n) is 5.89. The van der Waals surface area contributed by atoms with Crippen molar-refractivity contribution in [2.45, 2.75) is 45.3 Å². The van der Waals surface area contributed by atoms with Gasteiger partial charge in [-0.15, -0.1) is 0 Å². The summed E-state index contributed by atoms with van der Waals surface area (Å²) in [6.07, 6.45) is 9.51. The molecule has 0 bridgehead atoms. The third-order valence-electron chi connectivity index (χ3n) is 4.40. The normalized spacial score (nSPS) is 18.7. The highest BCUT2D eigenvalue weighted by Gasteiger charge is 2.27. The van der Waals surface area contributed by atoms with Gasteiger partial charge in [-0.3, -0.25) is 4.90 Å². The van der Waals surface area contributed by atoms with Gasteiger partial charge < -0.3 is 9.88 Å². The molecule has 3 heterocycles. The maximum absolute atomic E-state index is 4.56. The lowest BCUT2D eigenvalue weighted by atomic mass is 10.1. The Morgan fingerprint density at radius 1 is 1.32 bits per heavy atom. The Bertz CT molecular complexity index is 607. The fourth-order valence-electron chi connectivity index (χ4n) is 3.30. The maximum atomic E-state index is 4.56. The summed E-state index contributed by atoms with van der Waals surface area (Å²) in [5.74, 6) is 2.12. The molecule has 1 aliphatic rings. The van der Waals surface area contributed by atoms with Gasteiger partial charge in [0.2, 0.25) is 0 Å². The Balaban J connectivity index is 1.76. The van der Waals surface area contributed by atoms with Crippen LogP contribution in [0.4, 0.5) is 5.82 Å². The fourth-order valence-corrected chi connectivity index (χ4v) is 3.30. The molecule has 1 unspecified atom stereocenters. The second-order valence-corrected chi connectivity index (χ2v) is 5.89. The topological polar surface area (TPSA) is 46.0 Å².